The molecule has 0 radical (unpaired) electrons. The number of aldehydes is 1. The minimum atomic E-state index is -2.73. The third-order valence-corrected chi connectivity index (χ3v) is 1.12. The van der Waals surface area contributed by atoms with E-state index in [1.807, 2.05) is 0 Å². The van der Waals surface area contributed by atoms with Gasteiger partial charge in [-0.3, -0.25) is 35.1 Å². The Morgan fingerprint density at radius 3 is 1.38 bits per heavy atom. The summed E-state index contributed by atoms with van der Waals surface area (Å²) in [5, 5.41) is 29.8. The van der Waals surface area contributed by atoms with Crippen LogP contribution in [0.25, 0.3) is 0 Å². The van der Waals surface area contributed by atoms with Crippen LogP contribution in [0.4, 0.5) is 0 Å². The summed E-state index contributed by atoms with van der Waals surface area (Å²) in [7, 11) is 0. The van der Waals surface area contributed by atoms with Crippen LogP contribution in [0.5, 0.6) is 0 Å². The quantitative estimate of drug-likeness (QED) is 0.228. The van der Waals surface area contributed by atoms with Gasteiger partial charge >= 0.3 is 12.2 Å². The fraction of sp³-hybridized carbons (Fsp3) is 0.667. The first-order valence-corrected chi connectivity index (χ1v) is 2.77. The molecule has 0 N–H and O–H groups in total. The van der Waals surface area contributed by atoms with E-state index in [0.29, 0.717) is 0 Å². The first-order chi connectivity index (χ1) is 5.91. The zero-order valence-corrected chi connectivity index (χ0v) is 5.93. The molecule has 0 saturated carbocycles. The van der Waals surface area contributed by atoms with Crippen LogP contribution < -0.4 is 0 Å². The van der Waals surface area contributed by atoms with Crippen LogP contribution in [0, 0.1) is 30.3 Å². The van der Waals surface area contributed by atoms with Gasteiger partial charge in [-0.1, -0.05) is 0 Å². The Hall–Kier alpha value is -2.13. The van der Waals surface area contributed by atoms with Gasteiger partial charge in [-0.15, -0.1) is 0 Å². The average Bonchev–Trinajstić information content (AvgIpc) is 1.97. The Labute approximate surface area is 69.6 Å². The Kier molecular flexibility index (Phi) is 3.38. The van der Waals surface area contributed by atoms with Crippen LogP contribution in [-0.4, -0.2) is 33.3 Å². The Bertz CT molecular complexity index is 248. The maximum atomic E-state index is 9.95. The highest BCUT2D eigenvalue weighted by Gasteiger charge is 2.51. The maximum Gasteiger partial charge on any atom is 0.522 e. The molecule has 0 rings (SSSR count). The summed E-state index contributed by atoms with van der Waals surface area (Å²) >= 11 is 0. The highest BCUT2D eigenvalue weighted by Crippen LogP contribution is 2.00. The van der Waals surface area contributed by atoms with Gasteiger partial charge in [0.05, 0.1) is 0 Å². The molecule has 0 saturated heterocycles. The van der Waals surface area contributed by atoms with Crippen molar-refractivity contribution in [1.29, 1.82) is 0 Å². The van der Waals surface area contributed by atoms with E-state index in [2.05, 4.69) is 0 Å². The smallest absolute Gasteiger partial charge is 0.295 e. The molecular weight excluding hydrogens is 190 g/mol. The zero-order valence-electron chi connectivity index (χ0n) is 5.93. The van der Waals surface area contributed by atoms with Gasteiger partial charge in [0.1, 0.15) is 9.85 Å². The van der Waals surface area contributed by atoms with E-state index < -0.39 is 33.3 Å². The summed E-state index contributed by atoms with van der Waals surface area (Å²) < 4.78 is 0. The first-order valence-electron chi connectivity index (χ1n) is 2.77. The maximum absolute atomic E-state index is 9.95. The predicted molar refractivity (Wildman–Crippen MR) is 34.6 cm³/mol. The molecule has 10 nitrogen and oxygen atoms in total. The molecule has 0 aliphatic rings. The molecule has 10 heteroatoms. The van der Waals surface area contributed by atoms with Crippen LogP contribution in [-0.2, 0) is 4.79 Å². The molecule has 0 amide bonds. The van der Waals surface area contributed by atoms with E-state index in [4.69, 9.17) is 0 Å². The standard InChI is InChI=1S/C3H3N3O7/c7-1-2(4(8)9)3(5(10)11)6(12)13/h1-3H. The van der Waals surface area contributed by atoms with Crippen molar-refractivity contribution in [1.82, 2.24) is 0 Å². The van der Waals surface area contributed by atoms with Crippen LogP contribution in [0.2, 0.25) is 0 Å². The second kappa shape index (κ2) is 4.04. The van der Waals surface area contributed by atoms with Crippen molar-refractivity contribution in [2.45, 2.75) is 12.2 Å². The molecule has 1 unspecified atom stereocenters. The molecule has 0 fully saturated rings. The molecule has 0 aliphatic carbocycles. The van der Waals surface area contributed by atoms with Crippen molar-refractivity contribution >= 4 is 6.29 Å². The summed E-state index contributed by atoms with van der Waals surface area (Å²) in [5.74, 6) is 0. The number of hydrogen-bond donors (Lipinski definition) is 0. The van der Waals surface area contributed by atoms with E-state index in [9.17, 15) is 35.1 Å². The SMILES string of the molecule is O=CC(C([N+](=O)[O-])[N+](=O)[O-])[N+](=O)[O-]. The van der Waals surface area contributed by atoms with Gasteiger partial charge in [0, 0.05) is 4.92 Å². The second-order valence-corrected chi connectivity index (χ2v) is 1.90. The molecule has 0 aromatic rings. The number of nitro groups is 3. The van der Waals surface area contributed by atoms with Crippen molar-refractivity contribution < 1.29 is 19.6 Å². The number of hydrogen-bond acceptors (Lipinski definition) is 7. The normalized spacial score (nSPS) is 12.1. The molecular formula is C3H3N3O7. The third-order valence-electron chi connectivity index (χ3n) is 1.12. The number of carbonyl (C=O) groups is 1. The molecule has 72 valence electrons. The molecule has 0 spiro atoms. The lowest BCUT2D eigenvalue weighted by Gasteiger charge is -2.01. The largest absolute Gasteiger partial charge is 0.522 e. The summed E-state index contributed by atoms with van der Waals surface area (Å²) in [6.07, 6.45) is -3.16. The Balaban J connectivity index is 4.90. The topological polar surface area (TPSA) is 146 Å². The predicted octanol–water partition coefficient (Wildman–Crippen LogP) is -1.29. The van der Waals surface area contributed by atoms with Crippen LogP contribution in [0.1, 0.15) is 0 Å². The zero-order chi connectivity index (χ0) is 10.6. The molecule has 0 aromatic carbocycles. The Morgan fingerprint density at radius 1 is 0.923 bits per heavy atom. The summed E-state index contributed by atoms with van der Waals surface area (Å²) in [5.41, 5.74) is 0. The molecule has 0 aromatic heterocycles. The van der Waals surface area contributed by atoms with E-state index >= 15 is 0 Å². The van der Waals surface area contributed by atoms with Gasteiger partial charge in [0.2, 0.25) is 6.29 Å². The van der Waals surface area contributed by atoms with Gasteiger partial charge in [-0.25, -0.2) is 0 Å². The third kappa shape index (κ3) is 2.43. The van der Waals surface area contributed by atoms with Crippen molar-refractivity contribution in [3.63, 3.8) is 0 Å². The van der Waals surface area contributed by atoms with Crippen LogP contribution >= 0.6 is 0 Å². The summed E-state index contributed by atoms with van der Waals surface area (Å²) in [6, 6.07) is -2.45. The minimum absolute atomic E-state index is 0.434. The summed E-state index contributed by atoms with van der Waals surface area (Å²) in [4.78, 5) is 35.4. The number of carbonyl (C=O) groups excluding carboxylic acids is 1. The number of nitrogens with zero attached hydrogens (tertiary/aromatic N) is 3. The van der Waals surface area contributed by atoms with Crippen molar-refractivity contribution in [3.05, 3.63) is 30.3 Å². The molecule has 0 bridgehead atoms. The fourth-order valence-corrected chi connectivity index (χ4v) is 0.555. The monoisotopic (exact) mass is 193 g/mol. The van der Waals surface area contributed by atoms with E-state index in [0.717, 1.165) is 0 Å². The highest BCUT2D eigenvalue weighted by atomic mass is 16.7. The lowest BCUT2D eigenvalue weighted by molar-refractivity contribution is -0.776. The van der Waals surface area contributed by atoms with E-state index in [1.165, 1.54) is 0 Å². The minimum Gasteiger partial charge on any atom is -0.295 e. The van der Waals surface area contributed by atoms with Crippen molar-refractivity contribution in [3.8, 4) is 0 Å². The van der Waals surface area contributed by atoms with Gasteiger partial charge < -0.3 is 0 Å². The van der Waals surface area contributed by atoms with Crippen molar-refractivity contribution in [2.75, 3.05) is 0 Å². The summed E-state index contributed by atoms with van der Waals surface area (Å²) in [6.45, 7) is 0. The molecule has 0 heterocycles. The van der Waals surface area contributed by atoms with Gasteiger partial charge in [-0.05, 0) is 0 Å². The number of rotatable bonds is 5. The highest BCUT2D eigenvalue weighted by molar-refractivity contribution is 5.56. The van der Waals surface area contributed by atoms with Crippen LogP contribution in [0.15, 0.2) is 0 Å². The fourth-order valence-electron chi connectivity index (χ4n) is 0.555. The van der Waals surface area contributed by atoms with E-state index in [-0.39, 0.29) is 0 Å². The lowest BCUT2D eigenvalue weighted by Crippen LogP contribution is -2.45. The van der Waals surface area contributed by atoms with Crippen molar-refractivity contribution in [2.24, 2.45) is 0 Å². The molecule has 13 heavy (non-hydrogen) atoms. The van der Waals surface area contributed by atoms with Gasteiger partial charge in [0.15, 0.2) is 0 Å². The Morgan fingerprint density at radius 2 is 1.31 bits per heavy atom. The lowest BCUT2D eigenvalue weighted by atomic mass is 10.3. The van der Waals surface area contributed by atoms with E-state index in [1.54, 1.807) is 0 Å². The second-order valence-electron chi connectivity index (χ2n) is 1.90. The average molecular weight is 193 g/mol. The molecule has 0 aliphatic heterocycles. The van der Waals surface area contributed by atoms with Gasteiger partial charge in [0.25, 0.3) is 0 Å². The van der Waals surface area contributed by atoms with Gasteiger partial charge in [-0.2, -0.15) is 0 Å². The molecule has 1 atom stereocenters. The first kappa shape index (κ1) is 10.9. The van der Waals surface area contributed by atoms with Crippen LogP contribution in [0.3, 0.4) is 0 Å².